The maximum atomic E-state index is 10.9. The number of amides is 2. The Labute approximate surface area is 75.0 Å². The van der Waals surface area contributed by atoms with Gasteiger partial charge in [0.1, 0.15) is 6.07 Å². The highest BCUT2D eigenvalue weighted by Crippen LogP contribution is 1.94. The first-order chi connectivity index (χ1) is 6.11. The lowest BCUT2D eigenvalue weighted by Crippen LogP contribution is -2.25. The molecule has 0 aromatic heterocycles. The number of carbonyl (C=O) groups excluding carboxylic acids is 2. The van der Waals surface area contributed by atoms with Gasteiger partial charge < -0.3 is 15.8 Å². The van der Waals surface area contributed by atoms with Crippen molar-refractivity contribution in [2.45, 2.75) is 6.92 Å². The standard InChI is InChI=1S/C7H9N3O3/c1-2-13-6(11)5(3-8)4-10-7(9)12/h4H,2H2,1H3,(H3,9,10,12). The maximum Gasteiger partial charge on any atom is 0.350 e. The first kappa shape index (κ1) is 11.0. The normalized spacial score (nSPS) is 10.0. The fourth-order valence-electron chi connectivity index (χ4n) is 0.489. The molecule has 0 radical (unpaired) electrons. The molecule has 0 spiro atoms. The fourth-order valence-corrected chi connectivity index (χ4v) is 0.489. The predicted molar refractivity (Wildman–Crippen MR) is 43.0 cm³/mol. The minimum Gasteiger partial charge on any atom is -0.462 e. The number of nitriles is 1. The van der Waals surface area contributed by atoms with Gasteiger partial charge in [0.15, 0.2) is 5.57 Å². The molecule has 2 amide bonds. The van der Waals surface area contributed by atoms with Gasteiger partial charge in [0, 0.05) is 6.20 Å². The molecule has 70 valence electrons. The van der Waals surface area contributed by atoms with Crippen LogP contribution in [0.2, 0.25) is 0 Å². The van der Waals surface area contributed by atoms with Crippen molar-refractivity contribution in [2.75, 3.05) is 6.61 Å². The molecule has 0 rings (SSSR count). The monoisotopic (exact) mass is 183 g/mol. The average molecular weight is 183 g/mol. The molecule has 6 heteroatoms. The maximum absolute atomic E-state index is 10.9. The summed E-state index contributed by atoms with van der Waals surface area (Å²) < 4.78 is 4.51. The second-order valence-electron chi connectivity index (χ2n) is 1.90. The Morgan fingerprint density at radius 3 is 2.69 bits per heavy atom. The SMILES string of the molecule is CCOC(=O)C(C#N)=CNC(N)=O. The molecule has 0 fully saturated rings. The van der Waals surface area contributed by atoms with Gasteiger partial charge in [-0.05, 0) is 6.92 Å². The van der Waals surface area contributed by atoms with Crippen molar-refractivity contribution in [3.8, 4) is 6.07 Å². The molecule has 6 nitrogen and oxygen atoms in total. The molecule has 0 aliphatic heterocycles. The lowest BCUT2D eigenvalue weighted by Gasteiger charge is -1.98. The number of carbonyl (C=O) groups is 2. The van der Waals surface area contributed by atoms with E-state index in [1.54, 1.807) is 13.0 Å². The van der Waals surface area contributed by atoms with Crippen LogP contribution in [0.5, 0.6) is 0 Å². The van der Waals surface area contributed by atoms with Gasteiger partial charge in [0.25, 0.3) is 0 Å². The molecule has 0 bridgehead atoms. The predicted octanol–water partition coefficient (Wildman–Crippen LogP) is -0.375. The molecule has 0 aliphatic rings. The smallest absolute Gasteiger partial charge is 0.350 e. The number of primary amides is 1. The molecule has 0 aliphatic carbocycles. The molecule has 0 saturated heterocycles. The van der Waals surface area contributed by atoms with Crippen LogP contribution in [0.25, 0.3) is 0 Å². The highest BCUT2D eigenvalue weighted by Gasteiger charge is 2.08. The molecule has 0 aromatic rings. The highest BCUT2D eigenvalue weighted by atomic mass is 16.5. The molecule has 0 saturated carbocycles. The largest absolute Gasteiger partial charge is 0.462 e. The van der Waals surface area contributed by atoms with E-state index in [1.165, 1.54) is 0 Å². The van der Waals surface area contributed by atoms with Crippen LogP contribution in [-0.2, 0) is 9.53 Å². The number of nitrogens with zero attached hydrogens (tertiary/aromatic N) is 1. The van der Waals surface area contributed by atoms with E-state index in [4.69, 9.17) is 11.0 Å². The summed E-state index contributed by atoms with van der Waals surface area (Å²) in [6, 6.07) is 0.708. The van der Waals surface area contributed by atoms with Crippen LogP contribution in [-0.4, -0.2) is 18.6 Å². The average Bonchev–Trinajstić information content (AvgIpc) is 2.05. The summed E-state index contributed by atoms with van der Waals surface area (Å²) in [6.45, 7) is 1.77. The fraction of sp³-hybridized carbons (Fsp3) is 0.286. The molecule has 0 heterocycles. The van der Waals surface area contributed by atoms with Crippen molar-refractivity contribution in [2.24, 2.45) is 5.73 Å². The number of hydrogen-bond acceptors (Lipinski definition) is 4. The molecule has 0 unspecified atom stereocenters. The third kappa shape index (κ3) is 4.42. The van der Waals surface area contributed by atoms with Crippen LogP contribution >= 0.6 is 0 Å². The van der Waals surface area contributed by atoms with Crippen LogP contribution in [0.3, 0.4) is 0 Å². The minimum atomic E-state index is -0.850. The molecular formula is C7H9N3O3. The van der Waals surface area contributed by atoms with E-state index in [9.17, 15) is 9.59 Å². The van der Waals surface area contributed by atoms with Gasteiger partial charge in [0.2, 0.25) is 0 Å². The quantitative estimate of drug-likeness (QED) is 0.353. The van der Waals surface area contributed by atoms with Crippen LogP contribution in [0.15, 0.2) is 11.8 Å². The van der Waals surface area contributed by atoms with Crippen LogP contribution in [0.1, 0.15) is 6.92 Å². The van der Waals surface area contributed by atoms with E-state index in [-0.39, 0.29) is 12.2 Å². The van der Waals surface area contributed by atoms with Gasteiger partial charge in [-0.3, -0.25) is 0 Å². The van der Waals surface area contributed by atoms with Crippen LogP contribution in [0.4, 0.5) is 4.79 Å². The van der Waals surface area contributed by atoms with E-state index < -0.39 is 12.0 Å². The van der Waals surface area contributed by atoms with Gasteiger partial charge in [0.05, 0.1) is 6.61 Å². The topological polar surface area (TPSA) is 105 Å². The number of esters is 1. The third-order valence-electron chi connectivity index (χ3n) is 0.975. The summed E-state index contributed by atoms with van der Waals surface area (Å²) in [6.07, 6.45) is 0.903. The zero-order chi connectivity index (χ0) is 10.3. The summed E-state index contributed by atoms with van der Waals surface area (Å²) in [5, 5.41) is 10.4. The second kappa shape index (κ2) is 5.60. The Balaban J connectivity index is 4.34. The summed E-state index contributed by atoms with van der Waals surface area (Å²) in [5.74, 6) is -0.793. The van der Waals surface area contributed by atoms with Crippen LogP contribution < -0.4 is 11.1 Å². The van der Waals surface area contributed by atoms with E-state index >= 15 is 0 Å². The molecule has 0 atom stereocenters. The number of urea groups is 1. The first-order valence-electron chi connectivity index (χ1n) is 3.45. The van der Waals surface area contributed by atoms with Gasteiger partial charge in [-0.15, -0.1) is 0 Å². The van der Waals surface area contributed by atoms with Crippen molar-refractivity contribution in [3.05, 3.63) is 11.8 Å². The molecule has 13 heavy (non-hydrogen) atoms. The third-order valence-corrected chi connectivity index (χ3v) is 0.975. The molecule has 3 N–H and O–H groups in total. The van der Waals surface area contributed by atoms with Crippen LogP contribution in [0, 0.1) is 11.3 Å². The Bertz CT molecular complexity index is 277. The lowest BCUT2D eigenvalue weighted by atomic mass is 10.3. The Kier molecular flexibility index (Phi) is 4.72. The summed E-state index contributed by atoms with van der Waals surface area (Å²) in [4.78, 5) is 21.1. The summed E-state index contributed by atoms with van der Waals surface area (Å²) in [5.41, 5.74) is 4.41. The van der Waals surface area contributed by atoms with Crippen molar-refractivity contribution in [1.82, 2.24) is 5.32 Å². The zero-order valence-corrected chi connectivity index (χ0v) is 7.03. The molecular weight excluding hydrogens is 174 g/mol. The number of nitrogens with one attached hydrogen (secondary N) is 1. The Hall–Kier alpha value is -2.03. The highest BCUT2D eigenvalue weighted by molar-refractivity contribution is 5.93. The second-order valence-corrected chi connectivity index (χ2v) is 1.90. The van der Waals surface area contributed by atoms with Gasteiger partial charge in [-0.25, -0.2) is 9.59 Å². The Morgan fingerprint density at radius 1 is 1.69 bits per heavy atom. The van der Waals surface area contributed by atoms with Crippen molar-refractivity contribution < 1.29 is 14.3 Å². The van der Waals surface area contributed by atoms with Crippen molar-refractivity contribution >= 4 is 12.0 Å². The summed E-state index contributed by atoms with van der Waals surface area (Å²) >= 11 is 0. The molecule has 0 aromatic carbocycles. The number of hydrogen-bond donors (Lipinski definition) is 2. The van der Waals surface area contributed by atoms with Gasteiger partial charge >= 0.3 is 12.0 Å². The number of nitrogens with two attached hydrogens (primary N) is 1. The van der Waals surface area contributed by atoms with E-state index in [0.29, 0.717) is 0 Å². The summed E-state index contributed by atoms with van der Waals surface area (Å²) in [7, 11) is 0. The van der Waals surface area contributed by atoms with E-state index in [1.807, 2.05) is 5.32 Å². The zero-order valence-electron chi connectivity index (χ0n) is 7.03. The number of ether oxygens (including phenoxy) is 1. The minimum absolute atomic E-state index is 0.161. The number of rotatable bonds is 3. The lowest BCUT2D eigenvalue weighted by molar-refractivity contribution is -0.138. The van der Waals surface area contributed by atoms with Gasteiger partial charge in [-0.2, -0.15) is 5.26 Å². The first-order valence-corrected chi connectivity index (χ1v) is 3.45. The Morgan fingerprint density at radius 2 is 2.31 bits per heavy atom. The van der Waals surface area contributed by atoms with Crippen molar-refractivity contribution in [1.29, 1.82) is 5.26 Å². The van der Waals surface area contributed by atoms with E-state index in [0.717, 1.165) is 6.20 Å². The van der Waals surface area contributed by atoms with E-state index in [2.05, 4.69) is 4.74 Å². The van der Waals surface area contributed by atoms with Crippen molar-refractivity contribution in [3.63, 3.8) is 0 Å². The van der Waals surface area contributed by atoms with Gasteiger partial charge in [-0.1, -0.05) is 0 Å².